The molecule has 25 heavy (non-hydrogen) atoms. The normalized spacial score (nSPS) is 10.7. The Morgan fingerprint density at radius 2 is 2.20 bits per heavy atom. The van der Waals surface area contributed by atoms with Crippen LogP contribution in [0.3, 0.4) is 0 Å². The Kier molecular flexibility index (Phi) is 5.04. The lowest BCUT2D eigenvalue weighted by molar-refractivity contribution is 0.101. The number of amides is 1. The first-order valence-corrected chi connectivity index (χ1v) is 8.12. The first-order valence-electron chi connectivity index (χ1n) is 7.74. The fourth-order valence-electron chi connectivity index (χ4n) is 2.24. The Bertz CT molecular complexity index is 888. The molecule has 130 valence electrons. The Hall–Kier alpha value is -2.80. The van der Waals surface area contributed by atoms with E-state index in [-0.39, 0.29) is 18.2 Å². The Morgan fingerprint density at radius 3 is 2.92 bits per heavy atom. The summed E-state index contributed by atoms with van der Waals surface area (Å²) >= 11 is 6.08. The highest BCUT2D eigenvalue weighted by Crippen LogP contribution is 2.25. The number of aryl methyl sites for hydroxylation is 2. The van der Waals surface area contributed by atoms with Gasteiger partial charge in [-0.05, 0) is 26.0 Å². The van der Waals surface area contributed by atoms with E-state index in [0.29, 0.717) is 27.8 Å². The van der Waals surface area contributed by atoms with Crippen molar-refractivity contribution in [2.75, 3.05) is 5.32 Å². The summed E-state index contributed by atoms with van der Waals surface area (Å²) in [7, 11) is 0. The first kappa shape index (κ1) is 17.0. The summed E-state index contributed by atoms with van der Waals surface area (Å²) in [4.78, 5) is 12.5. The summed E-state index contributed by atoms with van der Waals surface area (Å²) in [6, 6.07) is 7.12. The first-order chi connectivity index (χ1) is 12.1. The van der Waals surface area contributed by atoms with Crippen molar-refractivity contribution in [3.05, 3.63) is 58.7 Å². The predicted octanol–water partition coefficient (Wildman–Crippen LogP) is 3.68. The molecule has 1 N–H and O–H groups in total. The second kappa shape index (κ2) is 7.40. The van der Waals surface area contributed by atoms with Gasteiger partial charge in [0.1, 0.15) is 18.1 Å². The number of anilines is 1. The minimum atomic E-state index is -0.384. The number of ether oxygens (including phenoxy) is 1. The average molecular weight is 361 g/mol. The van der Waals surface area contributed by atoms with Crippen LogP contribution in [0.2, 0.25) is 5.02 Å². The van der Waals surface area contributed by atoms with E-state index in [0.717, 1.165) is 6.54 Å². The number of rotatable bonds is 6. The van der Waals surface area contributed by atoms with Crippen LogP contribution in [-0.2, 0) is 13.2 Å². The van der Waals surface area contributed by atoms with E-state index in [1.807, 2.05) is 19.1 Å². The zero-order valence-corrected chi connectivity index (χ0v) is 14.6. The van der Waals surface area contributed by atoms with E-state index in [4.69, 9.17) is 20.9 Å². The number of nitrogens with one attached hydrogen (secondary N) is 1. The molecule has 0 unspecified atom stereocenters. The molecule has 8 heteroatoms. The Labute approximate surface area is 149 Å². The van der Waals surface area contributed by atoms with Crippen molar-refractivity contribution in [2.45, 2.75) is 27.0 Å². The molecule has 3 aromatic rings. The maximum Gasteiger partial charge on any atom is 0.278 e. The molecule has 7 nitrogen and oxygen atoms in total. The molecule has 0 aliphatic carbocycles. The molecule has 2 aromatic heterocycles. The molecule has 0 fully saturated rings. The van der Waals surface area contributed by atoms with Crippen LogP contribution in [0.5, 0.6) is 5.75 Å². The van der Waals surface area contributed by atoms with Gasteiger partial charge >= 0.3 is 0 Å². The van der Waals surface area contributed by atoms with Crippen molar-refractivity contribution in [3.63, 3.8) is 0 Å². The molecular weight excluding hydrogens is 344 g/mol. The molecule has 0 aliphatic heterocycles. The van der Waals surface area contributed by atoms with E-state index < -0.39 is 0 Å². The van der Waals surface area contributed by atoms with Gasteiger partial charge in [-0.15, -0.1) is 0 Å². The molecule has 0 saturated heterocycles. The number of hydrogen-bond acceptors (Lipinski definition) is 5. The summed E-state index contributed by atoms with van der Waals surface area (Å²) in [5.74, 6) is 0.659. The van der Waals surface area contributed by atoms with Gasteiger partial charge in [0.15, 0.2) is 5.69 Å². The van der Waals surface area contributed by atoms with Crippen LogP contribution in [0.4, 0.5) is 5.69 Å². The molecule has 0 aliphatic rings. The molecule has 0 atom stereocenters. The highest BCUT2D eigenvalue weighted by Gasteiger charge is 2.21. The molecule has 1 amide bonds. The number of nitrogens with zero attached hydrogens (tertiary/aromatic N) is 3. The van der Waals surface area contributed by atoms with Crippen molar-refractivity contribution in [3.8, 4) is 5.75 Å². The van der Waals surface area contributed by atoms with Crippen molar-refractivity contribution < 1.29 is 14.1 Å². The molecule has 1 aromatic carbocycles. The SMILES string of the molecule is CCn1cc(NC(=O)c2noc(C)c2COc2ccccc2Cl)cn1. The molecular formula is C17H17ClN4O3. The van der Waals surface area contributed by atoms with Crippen molar-refractivity contribution in [2.24, 2.45) is 0 Å². The van der Waals surface area contributed by atoms with Crippen LogP contribution in [0.15, 0.2) is 41.2 Å². The molecule has 0 spiro atoms. The van der Waals surface area contributed by atoms with Gasteiger partial charge in [-0.3, -0.25) is 9.48 Å². The second-order valence-corrected chi connectivity index (χ2v) is 5.73. The monoisotopic (exact) mass is 360 g/mol. The smallest absolute Gasteiger partial charge is 0.278 e. The number of halogens is 1. The summed E-state index contributed by atoms with van der Waals surface area (Å²) in [6.07, 6.45) is 3.32. The maximum absolute atomic E-state index is 12.5. The lowest BCUT2D eigenvalue weighted by Gasteiger charge is -2.08. The minimum absolute atomic E-state index is 0.121. The average Bonchev–Trinajstić information content (AvgIpc) is 3.20. The number of carbonyl (C=O) groups is 1. The Morgan fingerprint density at radius 1 is 1.40 bits per heavy atom. The summed E-state index contributed by atoms with van der Waals surface area (Å²) in [5.41, 5.74) is 1.33. The highest BCUT2D eigenvalue weighted by atomic mass is 35.5. The number of carbonyl (C=O) groups excluding carboxylic acids is 1. The fraction of sp³-hybridized carbons (Fsp3) is 0.235. The predicted molar refractivity (Wildman–Crippen MR) is 92.9 cm³/mol. The van der Waals surface area contributed by atoms with E-state index in [1.165, 1.54) is 0 Å². The van der Waals surface area contributed by atoms with E-state index in [1.54, 1.807) is 36.1 Å². The standard InChI is InChI=1S/C17H17ClN4O3/c1-3-22-9-12(8-19-22)20-17(23)16-13(11(2)25-21-16)10-24-15-7-5-4-6-14(15)18/h4-9H,3,10H2,1-2H3,(H,20,23). The van der Waals surface area contributed by atoms with Gasteiger partial charge in [-0.25, -0.2) is 0 Å². The van der Waals surface area contributed by atoms with E-state index >= 15 is 0 Å². The summed E-state index contributed by atoms with van der Waals surface area (Å²) in [5, 5.41) is 11.2. The number of para-hydroxylation sites is 1. The van der Waals surface area contributed by atoms with Gasteiger partial charge in [-0.2, -0.15) is 5.10 Å². The van der Waals surface area contributed by atoms with Crippen LogP contribution in [-0.4, -0.2) is 20.8 Å². The second-order valence-electron chi connectivity index (χ2n) is 5.32. The van der Waals surface area contributed by atoms with Gasteiger partial charge in [0.05, 0.1) is 22.5 Å². The van der Waals surface area contributed by atoms with Crippen molar-refractivity contribution in [1.82, 2.24) is 14.9 Å². The largest absolute Gasteiger partial charge is 0.487 e. The molecule has 0 bridgehead atoms. The number of benzene rings is 1. The van der Waals surface area contributed by atoms with Gasteiger partial charge in [0.25, 0.3) is 5.91 Å². The third-order valence-electron chi connectivity index (χ3n) is 3.62. The zero-order chi connectivity index (χ0) is 17.8. The van der Waals surface area contributed by atoms with Crippen LogP contribution in [0, 0.1) is 6.92 Å². The third-order valence-corrected chi connectivity index (χ3v) is 3.94. The Balaban J connectivity index is 1.74. The van der Waals surface area contributed by atoms with E-state index in [9.17, 15) is 4.79 Å². The van der Waals surface area contributed by atoms with Gasteiger partial charge in [0, 0.05) is 12.7 Å². The fourth-order valence-corrected chi connectivity index (χ4v) is 2.43. The zero-order valence-electron chi connectivity index (χ0n) is 13.8. The lowest BCUT2D eigenvalue weighted by atomic mass is 10.2. The van der Waals surface area contributed by atoms with Crippen LogP contribution < -0.4 is 10.1 Å². The van der Waals surface area contributed by atoms with Gasteiger partial charge in [-0.1, -0.05) is 28.9 Å². The van der Waals surface area contributed by atoms with Gasteiger partial charge < -0.3 is 14.6 Å². The van der Waals surface area contributed by atoms with Crippen LogP contribution in [0.25, 0.3) is 0 Å². The summed E-state index contributed by atoms with van der Waals surface area (Å²) < 4.78 is 12.6. The number of aromatic nitrogens is 3. The molecule has 3 rings (SSSR count). The topological polar surface area (TPSA) is 82.2 Å². The quantitative estimate of drug-likeness (QED) is 0.725. The minimum Gasteiger partial charge on any atom is -0.487 e. The van der Waals surface area contributed by atoms with Crippen molar-refractivity contribution >= 4 is 23.2 Å². The summed E-state index contributed by atoms with van der Waals surface area (Å²) in [6.45, 7) is 4.53. The molecule has 0 saturated carbocycles. The highest BCUT2D eigenvalue weighted by molar-refractivity contribution is 6.32. The molecule has 2 heterocycles. The lowest BCUT2D eigenvalue weighted by Crippen LogP contribution is -2.15. The van der Waals surface area contributed by atoms with Crippen LogP contribution in [0.1, 0.15) is 28.7 Å². The van der Waals surface area contributed by atoms with Crippen molar-refractivity contribution in [1.29, 1.82) is 0 Å². The van der Waals surface area contributed by atoms with Crippen LogP contribution >= 0.6 is 11.6 Å². The number of hydrogen-bond donors (Lipinski definition) is 1. The van der Waals surface area contributed by atoms with E-state index in [2.05, 4.69) is 15.6 Å². The third kappa shape index (κ3) is 3.83. The van der Waals surface area contributed by atoms with Gasteiger partial charge in [0.2, 0.25) is 0 Å². The molecule has 0 radical (unpaired) electrons. The maximum atomic E-state index is 12.5.